The third kappa shape index (κ3) is 6.17. The van der Waals surface area contributed by atoms with E-state index in [9.17, 15) is 23.9 Å². The average molecular weight is 557 g/mol. The molecule has 3 aromatic carbocycles. The summed E-state index contributed by atoms with van der Waals surface area (Å²) in [5.74, 6) is -2.11. The number of hydrogen-bond acceptors (Lipinski definition) is 6. The van der Waals surface area contributed by atoms with E-state index in [1.54, 1.807) is 29.2 Å². The molecule has 41 heavy (non-hydrogen) atoms. The number of nitrogens with one attached hydrogen (secondary N) is 1. The predicted molar refractivity (Wildman–Crippen MR) is 149 cm³/mol. The molecule has 10 heteroatoms. The zero-order chi connectivity index (χ0) is 28.9. The smallest absolute Gasteiger partial charge is 0.296 e. The molecule has 1 fully saturated rings. The lowest BCUT2D eigenvalue weighted by atomic mass is 10.1. The van der Waals surface area contributed by atoms with Crippen LogP contribution in [0.3, 0.4) is 0 Å². The molecule has 0 radical (unpaired) electrons. The minimum atomic E-state index is -0.817. The minimum absolute atomic E-state index is 0.0300. The van der Waals surface area contributed by atoms with E-state index >= 15 is 0 Å². The topological polar surface area (TPSA) is 114 Å². The summed E-state index contributed by atoms with van der Waals surface area (Å²) in [6, 6.07) is 23.2. The summed E-state index contributed by atoms with van der Waals surface area (Å²) in [6.45, 7) is 0.612. The molecule has 2 atom stereocenters. The van der Waals surface area contributed by atoms with Gasteiger partial charge in [-0.2, -0.15) is 0 Å². The van der Waals surface area contributed by atoms with Crippen LogP contribution in [-0.4, -0.2) is 44.0 Å². The molecule has 2 heterocycles. The molecule has 1 aliphatic rings. The minimum Gasteiger partial charge on any atom is -0.501 e. The Kier molecular flexibility index (Phi) is 8.21. The molecule has 0 bridgehead atoms. The Balaban J connectivity index is 1.44. The SMILES string of the molecule is Cn1c(C2CC(OCc3ccccc3)CN2C(=O)c2ccccc2)nc(C(=O)NCc2ccc(F)cc2)c(O)c1=O. The molecule has 2 unspecified atom stereocenters. The van der Waals surface area contributed by atoms with E-state index in [1.165, 1.54) is 31.3 Å². The number of aromatic nitrogens is 2. The summed E-state index contributed by atoms with van der Waals surface area (Å²) >= 11 is 0. The zero-order valence-corrected chi connectivity index (χ0v) is 22.4. The van der Waals surface area contributed by atoms with Gasteiger partial charge >= 0.3 is 0 Å². The standard InChI is InChI=1S/C31H29FN4O5/c1-35-28(34-26(27(37)31(35)40)29(38)33-17-20-12-14-23(32)15-13-20)25-16-24(41-19-21-8-4-2-5-9-21)18-36(25)30(39)22-10-6-3-7-11-22/h2-15,24-25,37H,16-19H2,1H3,(H,33,38). The van der Waals surface area contributed by atoms with Crippen molar-refractivity contribution in [3.63, 3.8) is 0 Å². The molecule has 5 rings (SSSR count). The molecule has 0 saturated carbocycles. The van der Waals surface area contributed by atoms with Gasteiger partial charge in [0.25, 0.3) is 17.4 Å². The highest BCUT2D eigenvalue weighted by molar-refractivity contribution is 5.95. The fourth-order valence-electron chi connectivity index (χ4n) is 4.85. The van der Waals surface area contributed by atoms with Crippen LogP contribution in [0, 0.1) is 5.82 Å². The largest absolute Gasteiger partial charge is 0.501 e. The monoisotopic (exact) mass is 556 g/mol. The van der Waals surface area contributed by atoms with Crippen molar-refractivity contribution in [1.29, 1.82) is 0 Å². The molecule has 0 aliphatic carbocycles. The van der Waals surface area contributed by atoms with E-state index in [-0.39, 0.29) is 30.9 Å². The van der Waals surface area contributed by atoms with Crippen molar-refractivity contribution in [3.8, 4) is 5.75 Å². The van der Waals surface area contributed by atoms with Crippen molar-refractivity contribution in [1.82, 2.24) is 19.8 Å². The zero-order valence-electron chi connectivity index (χ0n) is 22.4. The van der Waals surface area contributed by atoms with Crippen LogP contribution in [0.2, 0.25) is 0 Å². The van der Waals surface area contributed by atoms with Crippen molar-refractivity contribution >= 4 is 11.8 Å². The highest BCUT2D eigenvalue weighted by Gasteiger charge is 2.40. The van der Waals surface area contributed by atoms with Crippen molar-refractivity contribution < 1.29 is 23.8 Å². The van der Waals surface area contributed by atoms with Gasteiger partial charge in [-0.1, -0.05) is 60.7 Å². The number of halogens is 1. The number of carbonyl (C=O) groups is 2. The summed E-state index contributed by atoms with van der Waals surface area (Å²) in [5.41, 5.74) is 0.792. The van der Waals surface area contributed by atoms with Crippen molar-refractivity contribution in [2.24, 2.45) is 7.05 Å². The summed E-state index contributed by atoms with van der Waals surface area (Å²) in [7, 11) is 1.44. The number of amides is 2. The molecule has 4 aromatic rings. The average Bonchev–Trinajstić information content (AvgIpc) is 3.43. The molecule has 2 amide bonds. The predicted octanol–water partition coefficient (Wildman–Crippen LogP) is 3.73. The van der Waals surface area contributed by atoms with Crippen LogP contribution >= 0.6 is 0 Å². The van der Waals surface area contributed by atoms with Gasteiger partial charge in [0.15, 0.2) is 5.69 Å². The van der Waals surface area contributed by atoms with Gasteiger partial charge in [-0.25, -0.2) is 9.37 Å². The van der Waals surface area contributed by atoms with Gasteiger partial charge in [-0.15, -0.1) is 0 Å². The van der Waals surface area contributed by atoms with Crippen LogP contribution in [0.5, 0.6) is 5.75 Å². The lowest BCUT2D eigenvalue weighted by Crippen LogP contribution is -2.36. The van der Waals surface area contributed by atoms with Crippen molar-refractivity contribution in [2.45, 2.75) is 31.7 Å². The fraction of sp³-hybridized carbons (Fsp3) is 0.226. The van der Waals surface area contributed by atoms with Crippen LogP contribution in [0.15, 0.2) is 89.7 Å². The highest BCUT2D eigenvalue weighted by atomic mass is 19.1. The quantitative estimate of drug-likeness (QED) is 0.342. The Morgan fingerprint density at radius 2 is 1.66 bits per heavy atom. The molecule has 2 N–H and O–H groups in total. The maximum atomic E-state index is 13.6. The first-order chi connectivity index (χ1) is 19.8. The van der Waals surface area contributed by atoms with E-state index in [1.807, 2.05) is 36.4 Å². The number of rotatable bonds is 8. The second-order valence-corrected chi connectivity index (χ2v) is 9.83. The Morgan fingerprint density at radius 3 is 2.34 bits per heavy atom. The number of aromatic hydroxyl groups is 1. The molecular weight excluding hydrogens is 527 g/mol. The number of hydrogen-bond donors (Lipinski definition) is 2. The maximum Gasteiger partial charge on any atom is 0.296 e. The second-order valence-electron chi connectivity index (χ2n) is 9.83. The van der Waals surface area contributed by atoms with Crippen molar-refractivity contribution in [3.05, 3.63) is 129 Å². The van der Waals surface area contributed by atoms with Gasteiger partial charge in [-0.05, 0) is 35.4 Å². The number of carbonyl (C=O) groups excluding carboxylic acids is 2. The lowest BCUT2D eigenvalue weighted by Gasteiger charge is -2.25. The van der Waals surface area contributed by atoms with Crippen LogP contribution in [0.1, 0.15) is 50.3 Å². The lowest BCUT2D eigenvalue weighted by molar-refractivity contribution is 0.0437. The van der Waals surface area contributed by atoms with E-state index < -0.39 is 34.8 Å². The summed E-state index contributed by atoms with van der Waals surface area (Å²) in [6.07, 6.45) is -0.0399. The molecule has 1 aromatic heterocycles. The fourth-order valence-corrected chi connectivity index (χ4v) is 4.85. The van der Waals surface area contributed by atoms with Crippen LogP contribution < -0.4 is 10.9 Å². The van der Waals surface area contributed by atoms with Gasteiger partial charge in [-0.3, -0.25) is 19.0 Å². The van der Waals surface area contributed by atoms with Crippen molar-refractivity contribution in [2.75, 3.05) is 6.54 Å². The van der Waals surface area contributed by atoms with Gasteiger partial charge in [0.2, 0.25) is 5.75 Å². The number of nitrogens with zero attached hydrogens (tertiary/aromatic N) is 3. The van der Waals surface area contributed by atoms with E-state index in [2.05, 4.69) is 10.3 Å². The Morgan fingerprint density at radius 1 is 1.00 bits per heavy atom. The van der Waals surface area contributed by atoms with Gasteiger partial charge in [0, 0.05) is 32.1 Å². The first-order valence-corrected chi connectivity index (χ1v) is 13.2. The van der Waals surface area contributed by atoms with E-state index in [0.29, 0.717) is 24.2 Å². The first kappa shape index (κ1) is 27.7. The third-order valence-electron chi connectivity index (χ3n) is 7.05. The summed E-state index contributed by atoms with van der Waals surface area (Å²) < 4.78 is 20.5. The number of benzene rings is 3. The molecule has 0 spiro atoms. The number of likely N-dealkylation sites (tertiary alicyclic amines) is 1. The Hall–Kier alpha value is -4.83. The Labute approximate surface area is 235 Å². The van der Waals surface area contributed by atoms with Crippen LogP contribution in [0.4, 0.5) is 4.39 Å². The normalized spacial score (nSPS) is 16.5. The summed E-state index contributed by atoms with van der Waals surface area (Å²) in [5, 5.41) is 13.2. The van der Waals surface area contributed by atoms with E-state index in [0.717, 1.165) is 10.1 Å². The molecule has 1 saturated heterocycles. The number of ether oxygens (including phenoxy) is 1. The molecule has 9 nitrogen and oxygen atoms in total. The first-order valence-electron chi connectivity index (χ1n) is 13.2. The molecule has 210 valence electrons. The van der Waals surface area contributed by atoms with Gasteiger partial charge < -0.3 is 20.1 Å². The molecular formula is C31H29FN4O5. The van der Waals surface area contributed by atoms with Crippen LogP contribution in [-0.2, 0) is 24.9 Å². The molecule has 1 aliphatic heterocycles. The Bertz CT molecular complexity index is 1590. The maximum absolute atomic E-state index is 13.6. The van der Waals surface area contributed by atoms with E-state index in [4.69, 9.17) is 4.74 Å². The van der Waals surface area contributed by atoms with Crippen LogP contribution in [0.25, 0.3) is 0 Å². The summed E-state index contributed by atoms with van der Waals surface area (Å²) in [4.78, 5) is 45.7. The highest BCUT2D eigenvalue weighted by Crippen LogP contribution is 2.34. The second kappa shape index (κ2) is 12.1. The van der Waals surface area contributed by atoms with Gasteiger partial charge in [0.1, 0.15) is 11.6 Å². The third-order valence-corrected chi connectivity index (χ3v) is 7.05. The van der Waals surface area contributed by atoms with Gasteiger partial charge in [0.05, 0.1) is 18.8 Å².